The van der Waals surface area contributed by atoms with Crippen molar-refractivity contribution in [3.05, 3.63) is 62.6 Å². The molecule has 2 aromatic carbocycles. The van der Waals surface area contributed by atoms with E-state index < -0.39 is 6.09 Å². The Labute approximate surface area is 154 Å². The van der Waals surface area contributed by atoms with Gasteiger partial charge in [0, 0.05) is 26.2 Å². The first-order valence-corrected chi connectivity index (χ1v) is 7.86. The van der Waals surface area contributed by atoms with Crippen molar-refractivity contribution in [1.82, 2.24) is 5.43 Å². The van der Waals surface area contributed by atoms with Crippen LogP contribution < -0.4 is 10.2 Å². The summed E-state index contributed by atoms with van der Waals surface area (Å²) in [4.78, 5) is 11.0. The molecule has 0 unspecified atom stereocenters. The zero-order chi connectivity index (χ0) is 17.5. The number of halogens is 3. The summed E-state index contributed by atoms with van der Waals surface area (Å²) in [7, 11) is 1.24. The molecule has 0 heterocycles. The van der Waals surface area contributed by atoms with E-state index in [0.29, 0.717) is 26.4 Å². The zero-order valence-electron chi connectivity index (χ0n) is 12.6. The van der Waals surface area contributed by atoms with Gasteiger partial charge in [-0.25, -0.2) is 10.2 Å². The molecule has 126 valence electrons. The standard InChI is InChI=1S/C16H13Cl3N2O3/c1-23-16(22)21-20-8-11-6-12(17)4-5-15(11)24-9-10-2-3-13(18)7-14(10)19/h2-8H,9H2,1H3,(H,21,22)/b20-8-. The molecule has 0 bridgehead atoms. The van der Waals surface area contributed by atoms with E-state index in [-0.39, 0.29) is 6.61 Å². The van der Waals surface area contributed by atoms with E-state index in [1.165, 1.54) is 13.3 Å². The molecule has 1 N–H and O–H groups in total. The summed E-state index contributed by atoms with van der Waals surface area (Å²) in [6, 6.07) is 10.2. The maximum atomic E-state index is 11.0. The Hall–Kier alpha value is -1.95. The van der Waals surface area contributed by atoms with Crippen molar-refractivity contribution < 1.29 is 14.3 Å². The first-order chi connectivity index (χ1) is 11.5. The highest BCUT2D eigenvalue weighted by Gasteiger charge is 2.07. The number of amides is 1. The number of hydrogen-bond acceptors (Lipinski definition) is 4. The predicted octanol–water partition coefficient (Wildman–Crippen LogP) is 4.92. The lowest BCUT2D eigenvalue weighted by molar-refractivity contribution is 0.171. The lowest BCUT2D eigenvalue weighted by Crippen LogP contribution is -2.16. The molecule has 0 saturated carbocycles. The van der Waals surface area contributed by atoms with Crippen molar-refractivity contribution in [1.29, 1.82) is 0 Å². The molecule has 0 aliphatic carbocycles. The lowest BCUT2D eigenvalue weighted by Gasteiger charge is -2.11. The fraction of sp³-hybridized carbons (Fsp3) is 0.125. The van der Waals surface area contributed by atoms with Gasteiger partial charge in [-0.1, -0.05) is 40.9 Å². The summed E-state index contributed by atoms with van der Waals surface area (Å²) in [5, 5.41) is 5.34. The van der Waals surface area contributed by atoms with Gasteiger partial charge in [0.1, 0.15) is 12.4 Å². The monoisotopic (exact) mass is 386 g/mol. The summed E-state index contributed by atoms with van der Waals surface area (Å²) in [6.07, 6.45) is 0.727. The van der Waals surface area contributed by atoms with E-state index in [4.69, 9.17) is 39.5 Å². The third kappa shape index (κ3) is 5.30. The van der Waals surface area contributed by atoms with Crippen LogP contribution in [-0.2, 0) is 11.3 Å². The van der Waals surface area contributed by atoms with E-state index in [1.807, 2.05) is 0 Å². The molecular formula is C16H13Cl3N2O3. The first kappa shape index (κ1) is 18.4. The van der Waals surface area contributed by atoms with E-state index in [9.17, 15) is 4.79 Å². The molecule has 2 aromatic rings. The van der Waals surface area contributed by atoms with Gasteiger partial charge in [-0.15, -0.1) is 0 Å². The summed E-state index contributed by atoms with van der Waals surface area (Å²) in [5.74, 6) is 0.529. The highest BCUT2D eigenvalue weighted by atomic mass is 35.5. The molecule has 0 spiro atoms. The van der Waals surface area contributed by atoms with Crippen LogP contribution >= 0.6 is 34.8 Å². The minimum Gasteiger partial charge on any atom is -0.488 e. The van der Waals surface area contributed by atoms with Crippen LogP contribution in [0.3, 0.4) is 0 Å². The second-order valence-electron chi connectivity index (χ2n) is 4.57. The molecule has 0 fully saturated rings. The molecule has 0 aliphatic heterocycles. The zero-order valence-corrected chi connectivity index (χ0v) is 14.8. The molecular weight excluding hydrogens is 375 g/mol. The van der Waals surface area contributed by atoms with Crippen molar-refractivity contribution in [2.75, 3.05) is 7.11 Å². The van der Waals surface area contributed by atoms with Gasteiger partial charge in [-0.3, -0.25) is 0 Å². The molecule has 8 heteroatoms. The summed E-state index contributed by atoms with van der Waals surface area (Å²) in [6.45, 7) is 0.239. The fourth-order valence-corrected chi connectivity index (χ4v) is 2.39. The van der Waals surface area contributed by atoms with Crippen molar-refractivity contribution in [3.8, 4) is 5.75 Å². The minimum absolute atomic E-state index is 0.239. The average molecular weight is 388 g/mol. The Bertz CT molecular complexity index is 766. The fourth-order valence-electron chi connectivity index (χ4n) is 1.75. The van der Waals surface area contributed by atoms with Gasteiger partial charge in [0.25, 0.3) is 0 Å². The number of carbonyl (C=O) groups is 1. The maximum Gasteiger partial charge on any atom is 0.427 e. The number of ether oxygens (including phenoxy) is 2. The number of benzene rings is 2. The number of hydrazone groups is 1. The number of methoxy groups -OCH3 is 1. The Morgan fingerprint density at radius 1 is 1.17 bits per heavy atom. The number of hydrogen-bond donors (Lipinski definition) is 1. The van der Waals surface area contributed by atoms with Gasteiger partial charge in [0.05, 0.1) is 13.3 Å². The molecule has 2 rings (SSSR count). The van der Waals surface area contributed by atoms with E-state index >= 15 is 0 Å². The highest BCUT2D eigenvalue weighted by molar-refractivity contribution is 6.35. The molecule has 0 radical (unpaired) electrons. The smallest absolute Gasteiger partial charge is 0.427 e. The largest absolute Gasteiger partial charge is 0.488 e. The minimum atomic E-state index is -0.677. The number of nitrogens with zero attached hydrogens (tertiary/aromatic N) is 1. The van der Waals surface area contributed by atoms with Gasteiger partial charge < -0.3 is 9.47 Å². The summed E-state index contributed by atoms with van der Waals surface area (Å²) >= 11 is 18.0. The summed E-state index contributed by atoms with van der Waals surface area (Å²) < 4.78 is 10.2. The van der Waals surface area contributed by atoms with Crippen LogP contribution in [0.4, 0.5) is 4.79 Å². The topological polar surface area (TPSA) is 59.9 Å². The third-order valence-corrected chi connectivity index (χ3v) is 3.74. The van der Waals surface area contributed by atoms with Crippen LogP contribution in [0.2, 0.25) is 15.1 Å². The van der Waals surface area contributed by atoms with Crippen LogP contribution in [-0.4, -0.2) is 19.4 Å². The quantitative estimate of drug-likeness (QED) is 0.585. The number of carbonyl (C=O) groups excluding carboxylic acids is 1. The maximum absolute atomic E-state index is 11.0. The molecule has 0 aromatic heterocycles. The molecule has 1 amide bonds. The lowest BCUT2D eigenvalue weighted by atomic mass is 10.2. The van der Waals surface area contributed by atoms with Crippen LogP contribution in [0.25, 0.3) is 0 Å². The van der Waals surface area contributed by atoms with Crippen molar-refractivity contribution in [3.63, 3.8) is 0 Å². The second kappa shape index (κ2) is 8.78. The van der Waals surface area contributed by atoms with Gasteiger partial charge in [0.2, 0.25) is 0 Å². The Morgan fingerprint density at radius 2 is 1.88 bits per heavy atom. The Kier molecular flexibility index (Phi) is 6.73. The van der Waals surface area contributed by atoms with E-state index in [0.717, 1.165) is 5.56 Å². The van der Waals surface area contributed by atoms with E-state index in [2.05, 4.69) is 15.3 Å². The van der Waals surface area contributed by atoms with Crippen molar-refractivity contribution >= 4 is 47.1 Å². The second-order valence-corrected chi connectivity index (χ2v) is 5.85. The van der Waals surface area contributed by atoms with Gasteiger partial charge in [-0.2, -0.15) is 5.10 Å². The Morgan fingerprint density at radius 3 is 2.58 bits per heavy atom. The SMILES string of the molecule is COC(=O)N/N=C\c1cc(Cl)ccc1OCc1ccc(Cl)cc1Cl. The Balaban J connectivity index is 2.13. The molecule has 5 nitrogen and oxygen atoms in total. The van der Waals surface area contributed by atoms with Crippen LogP contribution in [0.15, 0.2) is 41.5 Å². The van der Waals surface area contributed by atoms with Gasteiger partial charge >= 0.3 is 6.09 Å². The highest BCUT2D eigenvalue weighted by Crippen LogP contribution is 2.25. The average Bonchev–Trinajstić information content (AvgIpc) is 2.55. The van der Waals surface area contributed by atoms with Crippen molar-refractivity contribution in [2.45, 2.75) is 6.61 Å². The summed E-state index contributed by atoms with van der Waals surface area (Å²) in [5.41, 5.74) is 3.56. The van der Waals surface area contributed by atoms with Gasteiger partial charge in [-0.05, 0) is 30.3 Å². The van der Waals surface area contributed by atoms with E-state index in [1.54, 1.807) is 36.4 Å². The molecule has 0 saturated heterocycles. The molecule has 0 aliphatic rings. The van der Waals surface area contributed by atoms with Gasteiger partial charge in [0.15, 0.2) is 0 Å². The number of nitrogens with one attached hydrogen (secondary N) is 1. The van der Waals surface area contributed by atoms with Crippen molar-refractivity contribution in [2.24, 2.45) is 5.10 Å². The molecule has 0 atom stereocenters. The first-order valence-electron chi connectivity index (χ1n) is 6.73. The molecule has 24 heavy (non-hydrogen) atoms. The normalized spacial score (nSPS) is 10.7. The van der Waals surface area contributed by atoms with Crippen LogP contribution in [0, 0.1) is 0 Å². The number of rotatable bonds is 5. The third-order valence-electron chi connectivity index (χ3n) is 2.91. The van der Waals surface area contributed by atoms with Crippen LogP contribution in [0.1, 0.15) is 11.1 Å². The van der Waals surface area contributed by atoms with Crippen LogP contribution in [0.5, 0.6) is 5.75 Å². The predicted molar refractivity (Wildman–Crippen MR) is 95.4 cm³/mol.